The number of fused-ring (bicyclic) bond motifs is 1. The second kappa shape index (κ2) is 7.66. The zero-order valence-electron chi connectivity index (χ0n) is 16.4. The lowest BCUT2D eigenvalue weighted by Gasteiger charge is -2.19. The van der Waals surface area contributed by atoms with Crippen molar-refractivity contribution >= 4 is 16.9 Å². The van der Waals surface area contributed by atoms with Crippen molar-refractivity contribution in [3.8, 4) is 16.9 Å². The molecule has 1 fully saturated rings. The van der Waals surface area contributed by atoms with Gasteiger partial charge in [-0.15, -0.1) is 0 Å². The molecule has 4 rings (SSSR count). The smallest absolute Gasteiger partial charge is 0.306 e. The predicted octanol–water partition coefficient (Wildman–Crippen LogP) is 4.82. The van der Waals surface area contributed by atoms with Gasteiger partial charge < -0.3 is 9.84 Å². The zero-order chi connectivity index (χ0) is 19.7. The highest BCUT2D eigenvalue weighted by molar-refractivity contribution is 5.96. The maximum atomic E-state index is 11.3. The molecule has 1 saturated carbocycles. The van der Waals surface area contributed by atoms with Crippen LogP contribution in [0.3, 0.4) is 0 Å². The number of carbonyl (C=O) groups is 1. The highest BCUT2D eigenvalue weighted by Crippen LogP contribution is 2.38. The van der Waals surface area contributed by atoms with E-state index in [4.69, 9.17) is 4.74 Å². The van der Waals surface area contributed by atoms with Gasteiger partial charge in [0, 0.05) is 18.0 Å². The minimum atomic E-state index is -0.776. The van der Waals surface area contributed by atoms with Crippen molar-refractivity contribution in [3.63, 3.8) is 0 Å². The summed E-state index contributed by atoms with van der Waals surface area (Å²) >= 11 is 0. The van der Waals surface area contributed by atoms with Crippen molar-refractivity contribution in [1.29, 1.82) is 0 Å². The molecule has 0 radical (unpaired) electrons. The summed E-state index contributed by atoms with van der Waals surface area (Å²) in [6.45, 7) is 1.74. The minimum Gasteiger partial charge on any atom is -0.490 e. The van der Waals surface area contributed by atoms with Crippen LogP contribution in [0.15, 0.2) is 42.6 Å². The Morgan fingerprint density at radius 3 is 2.79 bits per heavy atom. The second-order valence-corrected chi connectivity index (χ2v) is 7.80. The Morgan fingerprint density at radius 1 is 1.25 bits per heavy atom. The maximum absolute atomic E-state index is 11.3. The summed E-state index contributed by atoms with van der Waals surface area (Å²) in [6.07, 6.45) is 7.25. The Labute approximate surface area is 164 Å². The second-order valence-electron chi connectivity index (χ2n) is 7.80. The summed E-state index contributed by atoms with van der Waals surface area (Å²) < 4.78 is 8.25. The van der Waals surface area contributed by atoms with E-state index in [0.717, 1.165) is 46.2 Å². The third-order valence-corrected chi connectivity index (χ3v) is 5.69. The van der Waals surface area contributed by atoms with Crippen LogP contribution >= 0.6 is 0 Å². The van der Waals surface area contributed by atoms with Crippen LogP contribution in [0.1, 0.15) is 38.2 Å². The Balaban J connectivity index is 1.79. The first-order valence-corrected chi connectivity index (χ1v) is 9.96. The molecule has 0 aliphatic heterocycles. The van der Waals surface area contributed by atoms with Crippen molar-refractivity contribution in [2.75, 3.05) is 0 Å². The number of carboxylic acid groups (broad SMARTS) is 1. The highest BCUT2D eigenvalue weighted by atomic mass is 16.5. The summed E-state index contributed by atoms with van der Waals surface area (Å²) in [5.74, 6) is -0.333. The number of ether oxygens (including phenoxy) is 1. The van der Waals surface area contributed by atoms with Crippen LogP contribution in [0.25, 0.3) is 22.0 Å². The molecule has 0 saturated heterocycles. The monoisotopic (exact) mass is 378 g/mol. The number of hydrogen-bond acceptors (Lipinski definition) is 3. The molecule has 1 aromatic heterocycles. The van der Waals surface area contributed by atoms with E-state index in [2.05, 4.69) is 23.3 Å². The van der Waals surface area contributed by atoms with Crippen molar-refractivity contribution in [3.05, 3.63) is 48.2 Å². The van der Waals surface area contributed by atoms with Gasteiger partial charge in [0.2, 0.25) is 0 Å². The quantitative estimate of drug-likeness (QED) is 0.667. The van der Waals surface area contributed by atoms with Gasteiger partial charge in [-0.3, -0.25) is 9.48 Å². The lowest BCUT2D eigenvalue weighted by molar-refractivity contribution is -0.141. The zero-order valence-corrected chi connectivity index (χ0v) is 16.4. The number of nitrogens with zero attached hydrogens (tertiary/aromatic N) is 2. The van der Waals surface area contributed by atoms with Crippen LogP contribution in [-0.2, 0) is 18.3 Å². The van der Waals surface area contributed by atoms with Gasteiger partial charge in [0.15, 0.2) is 0 Å². The van der Waals surface area contributed by atoms with E-state index in [1.54, 1.807) is 6.92 Å². The van der Waals surface area contributed by atoms with E-state index >= 15 is 0 Å². The molecule has 2 aromatic carbocycles. The number of aryl methyl sites for hydroxylation is 1. The topological polar surface area (TPSA) is 64.4 Å². The number of hydrogen-bond donors (Lipinski definition) is 1. The maximum Gasteiger partial charge on any atom is 0.306 e. The average molecular weight is 378 g/mol. The number of rotatable bonds is 6. The predicted molar refractivity (Wildman–Crippen MR) is 110 cm³/mol. The fourth-order valence-corrected chi connectivity index (χ4v) is 4.06. The largest absolute Gasteiger partial charge is 0.490 e. The van der Waals surface area contributed by atoms with Gasteiger partial charge in [-0.2, -0.15) is 5.10 Å². The van der Waals surface area contributed by atoms with E-state index in [-0.39, 0.29) is 6.10 Å². The lowest BCUT2D eigenvalue weighted by Crippen LogP contribution is -2.13. The van der Waals surface area contributed by atoms with E-state index in [1.165, 1.54) is 12.8 Å². The van der Waals surface area contributed by atoms with E-state index in [0.29, 0.717) is 6.42 Å². The first-order chi connectivity index (χ1) is 13.5. The molecule has 3 aromatic rings. The third kappa shape index (κ3) is 3.61. The molecule has 1 N–H and O–H groups in total. The summed E-state index contributed by atoms with van der Waals surface area (Å²) in [5, 5.41) is 14.8. The van der Waals surface area contributed by atoms with Crippen LogP contribution in [0.5, 0.6) is 5.75 Å². The van der Waals surface area contributed by atoms with Gasteiger partial charge in [-0.1, -0.05) is 25.1 Å². The first-order valence-electron chi connectivity index (χ1n) is 9.96. The molecule has 1 aliphatic carbocycles. The molecule has 1 unspecified atom stereocenters. The summed E-state index contributed by atoms with van der Waals surface area (Å²) in [4.78, 5) is 11.3. The molecular weight excluding hydrogens is 352 g/mol. The Kier molecular flexibility index (Phi) is 5.07. The van der Waals surface area contributed by atoms with Crippen LogP contribution in [0.4, 0.5) is 0 Å². The van der Waals surface area contributed by atoms with Gasteiger partial charge >= 0.3 is 5.97 Å². The molecule has 0 amide bonds. The van der Waals surface area contributed by atoms with E-state index in [1.807, 2.05) is 36.1 Å². The summed E-state index contributed by atoms with van der Waals surface area (Å²) in [7, 11) is 1.94. The standard InChI is InChI=1S/C23H26N2O3/c1-15(23(26)27)12-16-10-11-22(28-17-6-3-4-7-17)19(13-16)18-8-5-9-21-20(18)14-24-25(21)2/h5,8-11,13-15,17H,3-4,6-7,12H2,1-2H3,(H,26,27). The highest BCUT2D eigenvalue weighted by Gasteiger charge is 2.20. The van der Waals surface area contributed by atoms with Gasteiger partial charge in [0.1, 0.15) is 5.75 Å². The first kappa shape index (κ1) is 18.5. The molecule has 5 nitrogen and oxygen atoms in total. The van der Waals surface area contributed by atoms with Gasteiger partial charge in [-0.05, 0) is 61.4 Å². The molecule has 146 valence electrons. The number of carboxylic acids is 1. The molecule has 1 heterocycles. The van der Waals surface area contributed by atoms with Crippen molar-refractivity contribution < 1.29 is 14.6 Å². The van der Waals surface area contributed by atoms with Crippen LogP contribution in [0, 0.1) is 5.92 Å². The third-order valence-electron chi connectivity index (χ3n) is 5.69. The van der Waals surface area contributed by atoms with E-state index in [9.17, 15) is 9.90 Å². The van der Waals surface area contributed by atoms with Crippen molar-refractivity contribution in [2.45, 2.75) is 45.1 Å². The molecule has 1 aliphatic rings. The van der Waals surface area contributed by atoms with Crippen LogP contribution in [-0.4, -0.2) is 27.0 Å². The molecule has 0 bridgehead atoms. The Morgan fingerprint density at radius 2 is 2.04 bits per heavy atom. The molecular formula is C23H26N2O3. The molecule has 5 heteroatoms. The minimum absolute atomic E-state index is 0.260. The Bertz CT molecular complexity index is 1000. The van der Waals surface area contributed by atoms with Crippen molar-refractivity contribution in [1.82, 2.24) is 9.78 Å². The average Bonchev–Trinajstić information content (AvgIpc) is 3.33. The van der Waals surface area contributed by atoms with Crippen LogP contribution in [0.2, 0.25) is 0 Å². The molecule has 1 atom stereocenters. The summed E-state index contributed by atoms with van der Waals surface area (Å²) in [5.41, 5.74) is 4.15. The summed E-state index contributed by atoms with van der Waals surface area (Å²) in [6, 6.07) is 12.3. The van der Waals surface area contributed by atoms with Crippen LogP contribution < -0.4 is 4.74 Å². The fourth-order valence-electron chi connectivity index (χ4n) is 4.06. The number of benzene rings is 2. The number of aliphatic carboxylic acids is 1. The lowest BCUT2D eigenvalue weighted by atomic mass is 9.95. The normalized spacial score (nSPS) is 15.8. The van der Waals surface area contributed by atoms with Crippen molar-refractivity contribution in [2.24, 2.45) is 13.0 Å². The Hall–Kier alpha value is -2.82. The molecule has 28 heavy (non-hydrogen) atoms. The van der Waals surface area contributed by atoms with Gasteiger partial charge in [0.25, 0.3) is 0 Å². The fraction of sp³-hybridized carbons (Fsp3) is 0.391. The van der Waals surface area contributed by atoms with E-state index < -0.39 is 11.9 Å². The SMILES string of the molecule is CC(Cc1ccc(OC2CCCC2)c(-c2cccc3c2cnn3C)c1)C(=O)O. The number of aromatic nitrogens is 2. The van der Waals surface area contributed by atoms with Gasteiger partial charge in [-0.25, -0.2) is 0 Å². The van der Waals surface area contributed by atoms with Gasteiger partial charge in [0.05, 0.1) is 23.7 Å². The molecule has 0 spiro atoms.